The van der Waals surface area contributed by atoms with Gasteiger partial charge >= 0.3 is 11.9 Å². The number of hydrogen-bond donors (Lipinski definition) is 0. The van der Waals surface area contributed by atoms with Crippen molar-refractivity contribution in [2.75, 3.05) is 18.6 Å². The molecule has 2 aliphatic heterocycles. The van der Waals surface area contributed by atoms with Gasteiger partial charge in [-0.25, -0.2) is 14.6 Å². The first-order valence-electron chi connectivity index (χ1n) is 14.7. The summed E-state index contributed by atoms with van der Waals surface area (Å²) >= 11 is 1.13. The number of hydrogen-bond acceptors (Lipinski definition) is 8. The number of unbranched alkanes of at least 4 members (excludes halogenated alkanes) is 1. The summed E-state index contributed by atoms with van der Waals surface area (Å²) in [6.45, 7) is 4.35. The number of anilines is 1. The molecule has 0 saturated carbocycles. The van der Waals surface area contributed by atoms with Gasteiger partial charge < -0.3 is 14.4 Å². The molecular formula is C35H31N3O6S. The van der Waals surface area contributed by atoms with Crippen molar-refractivity contribution < 1.29 is 23.9 Å². The number of para-hydroxylation sites is 1. The van der Waals surface area contributed by atoms with Gasteiger partial charge in [0.1, 0.15) is 11.1 Å². The summed E-state index contributed by atoms with van der Waals surface area (Å²) in [5.74, 6) is -1.35. The predicted octanol–water partition coefficient (Wildman–Crippen LogP) is 4.28. The van der Waals surface area contributed by atoms with Crippen molar-refractivity contribution in [3.8, 4) is 0 Å². The van der Waals surface area contributed by atoms with Gasteiger partial charge in [0.15, 0.2) is 4.80 Å². The van der Waals surface area contributed by atoms with E-state index in [1.165, 1.54) is 11.7 Å². The molecule has 9 nitrogen and oxygen atoms in total. The lowest BCUT2D eigenvalue weighted by Crippen LogP contribution is -2.41. The van der Waals surface area contributed by atoms with Gasteiger partial charge in [-0.2, -0.15) is 0 Å². The lowest BCUT2D eigenvalue weighted by atomic mass is 9.95. The second kappa shape index (κ2) is 12.5. The second-order valence-electron chi connectivity index (χ2n) is 10.8. The molecule has 0 fully saturated rings. The minimum Gasteiger partial charge on any atom is -0.465 e. The molecule has 4 aromatic rings. The highest BCUT2D eigenvalue weighted by atomic mass is 32.1. The molecule has 6 rings (SSSR count). The zero-order chi connectivity index (χ0) is 31.7. The normalized spacial score (nSPS) is 16.6. The third-order valence-corrected chi connectivity index (χ3v) is 9.02. The summed E-state index contributed by atoms with van der Waals surface area (Å²) in [6.07, 6.45) is 1.74. The van der Waals surface area contributed by atoms with E-state index in [4.69, 9.17) is 9.47 Å². The first-order chi connectivity index (χ1) is 21.8. The number of benzene rings is 3. The van der Waals surface area contributed by atoms with Crippen molar-refractivity contribution in [3.05, 3.63) is 132 Å². The number of fused-ring (bicyclic) bond motifs is 2. The van der Waals surface area contributed by atoms with Crippen LogP contribution in [0.25, 0.3) is 5.57 Å². The summed E-state index contributed by atoms with van der Waals surface area (Å²) in [5.41, 5.74) is 3.67. The molecule has 0 radical (unpaired) electrons. The summed E-state index contributed by atoms with van der Waals surface area (Å²) in [7, 11) is 1.30. The molecule has 3 heterocycles. The average Bonchev–Trinajstić information content (AvgIpc) is 3.53. The minimum absolute atomic E-state index is 0.0396. The number of ether oxygens (including phenoxy) is 2. The number of thiazole rings is 1. The van der Waals surface area contributed by atoms with Gasteiger partial charge in [0.2, 0.25) is 0 Å². The molecule has 10 heteroatoms. The lowest BCUT2D eigenvalue weighted by Gasteiger charge is -2.25. The number of carbonyl (C=O) groups excluding carboxylic acids is 3. The van der Waals surface area contributed by atoms with Crippen molar-refractivity contribution >= 4 is 40.4 Å². The monoisotopic (exact) mass is 621 g/mol. The Labute approximate surface area is 263 Å². The molecule has 45 heavy (non-hydrogen) atoms. The third-order valence-electron chi connectivity index (χ3n) is 7.96. The summed E-state index contributed by atoms with van der Waals surface area (Å²) in [5, 5.41) is 0. The van der Waals surface area contributed by atoms with E-state index < -0.39 is 23.5 Å². The predicted molar refractivity (Wildman–Crippen MR) is 170 cm³/mol. The molecule has 0 aliphatic carbocycles. The molecule has 2 aliphatic rings. The minimum atomic E-state index is -0.909. The topological polar surface area (TPSA) is 107 Å². The number of carbonyl (C=O) groups is 3. The van der Waals surface area contributed by atoms with Crippen molar-refractivity contribution in [1.29, 1.82) is 0 Å². The first-order valence-corrected chi connectivity index (χ1v) is 15.5. The van der Waals surface area contributed by atoms with E-state index in [0.29, 0.717) is 39.3 Å². The Bertz CT molecular complexity index is 2030. The molecule has 1 atom stereocenters. The number of nitrogens with zero attached hydrogens (tertiary/aromatic N) is 3. The van der Waals surface area contributed by atoms with Gasteiger partial charge in [0.05, 0.1) is 41.2 Å². The Morgan fingerprint density at radius 1 is 0.933 bits per heavy atom. The smallest absolute Gasteiger partial charge is 0.338 e. The van der Waals surface area contributed by atoms with E-state index in [0.717, 1.165) is 35.4 Å². The largest absolute Gasteiger partial charge is 0.465 e. The molecule has 0 saturated heterocycles. The highest BCUT2D eigenvalue weighted by molar-refractivity contribution is 7.07. The van der Waals surface area contributed by atoms with Crippen molar-refractivity contribution in [2.45, 2.75) is 39.3 Å². The van der Waals surface area contributed by atoms with Gasteiger partial charge in [-0.05, 0) is 42.7 Å². The summed E-state index contributed by atoms with van der Waals surface area (Å²) < 4.78 is 12.3. The van der Waals surface area contributed by atoms with E-state index in [-0.39, 0.29) is 22.6 Å². The van der Waals surface area contributed by atoms with Crippen LogP contribution in [-0.4, -0.2) is 36.1 Å². The van der Waals surface area contributed by atoms with E-state index in [2.05, 4.69) is 11.9 Å². The first kappa shape index (κ1) is 30.0. The number of aromatic nitrogens is 1. The van der Waals surface area contributed by atoms with E-state index >= 15 is 0 Å². The summed E-state index contributed by atoms with van der Waals surface area (Å²) in [6, 6.07) is 22.4. The third kappa shape index (κ3) is 5.42. The molecule has 1 aromatic heterocycles. The Morgan fingerprint density at radius 3 is 2.36 bits per heavy atom. The molecule has 1 unspecified atom stereocenters. The van der Waals surface area contributed by atoms with E-state index in [1.807, 2.05) is 54.6 Å². The molecule has 1 amide bonds. The highest BCUT2D eigenvalue weighted by Gasteiger charge is 2.37. The fraction of sp³-hybridized carbons (Fsp3) is 0.229. The van der Waals surface area contributed by atoms with Gasteiger partial charge in [-0.3, -0.25) is 14.2 Å². The van der Waals surface area contributed by atoms with Crippen LogP contribution < -0.4 is 19.8 Å². The number of allylic oxidation sites excluding steroid dienone is 1. The molecule has 0 N–H and O–H groups in total. The molecule has 0 bridgehead atoms. The quantitative estimate of drug-likeness (QED) is 0.272. The number of methoxy groups -OCH3 is 1. The Kier molecular flexibility index (Phi) is 8.32. The standard InChI is InChI=1S/C35H31N3O6S/c1-4-5-19-37-26-14-10-9-13-25(26)28(31(37)39)30-32(40)38-29(23-15-17-24(18-16-23)33(41)43-3)27(21(2)36-35(38)45-30)34(42)44-20-22-11-7-6-8-12-22/h6-18,29H,4-5,19-20H2,1-3H3. The van der Waals surface area contributed by atoms with Crippen LogP contribution in [0.3, 0.4) is 0 Å². The van der Waals surface area contributed by atoms with Gasteiger partial charge in [0.25, 0.3) is 11.5 Å². The van der Waals surface area contributed by atoms with Crippen LogP contribution in [-0.2, 0) is 25.7 Å². The SMILES string of the molecule is CCCCN1C(=O)C(=c2sc3n(c2=O)C(c2ccc(C(=O)OC)cc2)C(C(=O)OCc2ccccc2)=C(C)N=3)c2ccccc21. The van der Waals surface area contributed by atoms with Crippen molar-refractivity contribution in [1.82, 2.24) is 4.57 Å². The van der Waals surface area contributed by atoms with Crippen LogP contribution in [0.5, 0.6) is 0 Å². The van der Waals surface area contributed by atoms with Crippen LogP contribution in [0, 0.1) is 0 Å². The molecule has 228 valence electrons. The lowest BCUT2D eigenvalue weighted by molar-refractivity contribution is -0.140. The molecule has 3 aromatic carbocycles. The zero-order valence-corrected chi connectivity index (χ0v) is 25.9. The average molecular weight is 622 g/mol. The fourth-order valence-electron chi connectivity index (χ4n) is 5.71. The maximum atomic E-state index is 14.4. The van der Waals surface area contributed by atoms with Crippen molar-refractivity contribution in [2.24, 2.45) is 4.99 Å². The number of rotatable bonds is 8. The van der Waals surface area contributed by atoms with Gasteiger partial charge in [0, 0.05) is 12.1 Å². The molecule has 0 spiro atoms. The summed E-state index contributed by atoms with van der Waals surface area (Å²) in [4.78, 5) is 60.9. The van der Waals surface area contributed by atoms with E-state index in [1.54, 1.807) is 36.1 Å². The maximum Gasteiger partial charge on any atom is 0.338 e. The Morgan fingerprint density at radius 2 is 1.64 bits per heavy atom. The Hall–Kier alpha value is -5.09. The fourth-order valence-corrected chi connectivity index (χ4v) is 6.84. The van der Waals surface area contributed by atoms with Gasteiger partial charge in [-0.15, -0.1) is 0 Å². The Balaban J connectivity index is 1.52. The zero-order valence-electron chi connectivity index (χ0n) is 25.1. The van der Waals surface area contributed by atoms with Crippen LogP contribution >= 0.6 is 11.3 Å². The second-order valence-corrected chi connectivity index (χ2v) is 11.8. The number of amides is 1. The highest BCUT2D eigenvalue weighted by Crippen LogP contribution is 2.36. The van der Waals surface area contributed by atoms with E-state index in [9.17, 15) is 19.2 Å². The molecular weight excluding hydrogens is 590 g/mol. The maximum absolute atomic E-state index is 14.4. The van der Waals surface area contributed by atoms with Crippen LogP contribution in [0.1, 0.15) is 59.8 Å². The van der Waals surface area contributed by atoms with Gasteiger partial charge in [-0.1, -0.05) is 85.3 Å². The van der Waals surface area contributed by atoms with Crippen LogP contribution in [0.15, 0.2) is 99.9 Å². The van der Waals surface area contributed by atoms with Crippen LogP contribution in [0.4, 0.5) is 5.69 Å². The van der Waals surface area contributed by atoms with Crippen molar-refractivity contribution in [3.63, 3.8) is 0 Å². The van der Waals surface area contributed by atoms with Crippen LogP contribution in [0.2, 0.25) is 0 Å². The number of esters is 2.